The second-order valence-corrected chi connectivity index (χ2v) is 3.01. The van der Waals surface area contributed by atoms with Crippen molar-refractivity contribution < 1.29 is 23.8 Å². The Balaban J connectivity index is 3.28. The van der Waals surface area contributed by atoms with Crippen molar-refractivity contribution in [1.82, 2.24) is 0 Å². The van der Waals surface area contributed by atoms with Crippen LogP contribution >= 0.6 is 11.6 Å². The van der Waals surface area contributed by atoms with Crippen molar-refractivity contribution >= 4 is 23.4 Å². The summed E-state index contributed by atoms with van der Waals surface area (Å²) in [5.41, 5.74) is -0.590. The smallest absolute Gasteiger partial charge is 0.377 e. The first-order valence-corrected chi connectivity index (χ1v) is 4.15. The Morgan fingerprint density at radius 2 is 2.07 bits per heavy atom. The average Bonchev–Trinajstić information content (AvgIpc) is 2.19. The fraction of sp³-hybridized carbons (Fsp3) is 0.111. The average molecular weight is 233 g/mol. The van der Waals surface area contributed by atoms with Crippen LogP contribution < -0.4 is 4.74 Å². The molecule has 0 heterocycles. The lowest BCUT2D eigenvalue weighted by Gasteiger charge is -2.05. The van der Waals surface area contributed by atoms with Crippen LogP contribution in [0.4, 0.5) is 4.39 Å². The molecule has 6 heteroatoms. The number of rotatable bonds is 3. The van der Waals surface area contributed by atoms with E-state index in [0.29, 0.717) is 0 Å². The van der Waals surface area contributed by atoms with Crippen molar-refractivity contribution in [3.8, 4) is 5.75 Å². The molecule has 0 aliphatic heterocycles. The summed E-state index contributed by atoms with van der Waals surface area (Å²) in [6, 6.07) is 1.78. The van der Waals surface area contributed by atoms with Crippen LogP contribution in [0.15, 0.2) is 12.1 Å². The topological polar surface area (TPSA) is 63.6 Å². The number of halogens is 2. The van der Waals surface area contributed by atoms with Gasteiger partial charge in [-0.1, -0.05) is 11.6 Å². The number of hydrogen-bond donors (Lipinski definition) is 1. The van der Waals surface area contributed by atoms with Gasteiger partial charge in [0.25, 0.3) is 5.78 Å². The van der Waals surface area contributed by atoms with Crippen LogP contribution in [0.1, 0.15) is 10.4 Å². The highest BCUT2D eigenvalue weighted by Gasteiger charge is 2.21. The Bertz CT molecular complexity index is 430. The maximum absolute atomic E-state index is 13.2. The number of benzene rings is 1. The molecule has 0 aliphatic carbocycles. The third-order valence-corrected chi connectivity index (χ3v) is 1.98. The van der Waals surface area contributed by atoms with E-state index in [1.165, 1.54) is 7.11 Å². The summed E-state index contributed by atoms with van der Waals surface area (Å²) in [6.07, 6.45) is 0. The van der Waals surface area contributed by atoms with E-state index in [2.05, 4.69) is 0 Å². The monoisotopic (exact) mass is 232 g/mol. The van der Waals surface area contributed by atoms with Gasteiger partial charge in [0.1, 0.15) is 11.6 Å². The molecule has 1 aromatic carbocycles. The Kier molecular flexibility index (Phi) is 3.26. The van der Waals surface area contributed by atoms with E-state index < -0.39 is 23.1 Å². The number of hydrogen-bond acceptors (Lipinski definition) is 3. The molecule has 0 aliphatic rings. The molecule has 4 nitrogen and oxygen atoms in total. The molecule has 0 saturated heterocycles. The highest BCUT2D eigenvalue weighted by atomic mass is 35.5. The largest absolute Gasteiger partial charge is 0.495 e. The highest BCUT2D eigenvalue weighted by Crippen LogP contribution is 2.27. The van der Waals surface area contributed by atoms with Crippen molar-refractivity contribution in [3.05, 3.63) is 28.5 Å². The molecule has 80 valence electrons. The van der Waals surface area contributed by atoms with Crippen molar-refractivity contribution in [2.75, 3.05) is 7.11 Å². The first-order chi connectivity index (χ1) is 6.97. The van der Waals surface area contributed by atoms with Crippen LogP contribution in [0, 0.1) is 5.82 Å². The van der Waals surface area contributed by atoms with Crippen LogP contribution in [-0.2, 0) is 4.79 Å². The van der Waals surface area contributed by atoms with Crippen LogP contribution in [0.25, 0.3) is 0 Å². The van der Waals surface area contributed by atoms with Gasteiger partial charge in [-0.15, -0.1) is 0 Å². The molecule has 1 aromatic rings. The molecule has 0 amide bonds. The number of aliphatic carboxylic acids is 1. The zero-order valence-corrected chi connectivity index (χ0v) is 8.34. The van der Waals surface area contributed by atoms with E-state index in [1.807, 2.05) is 0 Å². The van der Waals surface area contributed by atoms with Gasteiger partial charge < -0.3 is 9.84 Å². The van der Waals surface area contributed by atoms with Gasteiger partial charge >= 0.3 is 5.97 Å². The minimum absolute atomic E-state index is 0.0245. The Hall–Kier alpha value is -1.62. The second kappa shape index (κ2) is 4.27. The molecule has 0 atom stereocenters. The fourth-order valence-electron chi connectivity index (χ4n) is 0.974. The lowest BCUT2D eigenvalue weighted by molar-refractivity contribution is -0.131. The summed E-state index contributed by atoms with van der Waals surface area (Å²) in [6.45, 7) is 0. The van der Waals surface area contributed by atoms with Crippen molar-refractivity contribution in [3.63, 3.8) is 0 Å². The number of carbonyl (C=O) groups is 2. The zero-order valence-electron chi connectivity index (χ0n) is 7.58. The molecule has 0 bridgehead atoms. The van der Waals surface area contributed by atoms with E-state index in [9.17, 15) is 14.0 Å². The molecule has 0 saturated carbocycles. The van der Waals surface area contributed by atoms with Gasteiger partial charge in [0, 0.05) is 6.07 Å². The number of carbonyl (C=O) groups excluding carboxylic acids is 1. The molecule has 0 spiro atoms. The summed E-state index contributed by atoms with van der Waals surface area (Å²) in [7, 11) is 1.28. The maximum atomic E-state index is 13.2. The molecule has 1 rings (SSSR count). The molecule has 0 radical (unpaired) electrons. The number of ketones is 1. The summed E-state index contributed by atoms with van der Waals surface area (Å²) in [4.78, 5) is 21.3. The quantitative estimate of drug-likeness (QED) is 0.637. The van der Waals surface area contributed by atoms with Gasteiger partial charge in [-0.25, -0.2) is 9.18 Å². The Labute approximate surface area is 89.2 Å². The standard InChI is InChI=1S/C9H6ClFO4/c1-15-7-3-6(11)4(2-5(7)10)8(12)9(13)14/h2-3H,1H3,(H,13,14). The van der Waals surface area contributed by atoms with Crippen LogP contribution in [0.2, 0.25) is 5.02 Å². The molecule has 0 unspecified atom stereocenters. The van der Waals surface area contributed by atoms with E-state index in [0.717, 1.165) is 12.1 Å². The van der Waals surface area contributed by atoms with Gasteiger partial charge in [-0.05, 0) is 6.07 Å². The molecular weight excluding hydrogens is 227 g/mol. The van der Waals surface area contributed by atoms with Gasteiger partial charge in [0.15, 0.2) is 0 Å². The maximum Gasteiger partial charge on any atom is 0.377 e. The van der Waals surface area contributed by atoms with E-state index in [4.69, 9.17) is 21.4 Å². The van der Waals surface area contributed by atoms with Gasteiger partial charge in [0.05, 0.1) is 17.7 Å². The summed E-state index contributed by atoms with van der Waals surface area (Å²) in [5, 5.41) is 8.36. The van der Waals surface area contributed by atoms with Crippen LogP contribution in [0.5, 0.6) is 5.75 Å². The summed E-state index contributed by atoms with van der Waals surface area (Å²) < 4.78 is 17.9. The lowest BCUT2D eigenvalue weighted by atomic mass is 10.1. The molecular formula is C9H6ClFO4. The summed E-state index contributed by atoms with van der Waals surface area (Å²) >= 11 is 5.61. The Morgan fingerprint density at radius 1 is 1.47 bits per heavy atom. The van der Waals surface area contributed by atoms with Crippen molar-refractivity contribution in [2.24, 2.45) is 0 Å². The second-order valence-electron chi connectivity index (χ2n) is 2.60. The van der Waals surface area contributed by atoms with Crippen LogP contribution in [0.3, 0.4) is 0 Å². The highest BCUT2D eigenvalue weighted by molar-refractivity contribution is 6.41. The molecule has 0 aromatic heterocycles. The first-order valence-electron chi connectivity index (χ1n) is 3.78. The van der Waals surface area contributed by atoms with Gasteiger partial charge in [-0.3, -0.25) is 4.79 Å². The number of carboxylic acids is 1. The molecule has 1 N–H and O–H groups in total. The molecule has 0 fully saturated rings. The minimum atomic E-state index is -1.74. The fourth-order valence-corrected chi connectivity index (χ4v) is 1.22. The predicted octanol–water partition coefficient (Wildman–Crippen LogP) is 1.76. The van der Waals surface area contributed by atoms with Crippen molar-refractivity contribution in [2.45, 2.75) is 0 Å². The normalized spacial score (nSPS) is 9.80. The number of methoxy groups -OCH3 is 1. The van der Waals surface area contributed by atoms with Crippen molar-refractivity contribution in [1.29, 1.82) is 0 Å². The number of Topliss-reactive ketones (excluding diaryl/α,β-unsaturated/α-hetero) is 1. The zero-order chi connectivity index (χ0) is 11.6. The van der Waals surface area contributed by atoms with Gasteiger partial charge in [0.2, 0.25) is 0 Å². The van der Waals surface area contributed by atoms with E-state index in [1.54, 1.807) is 0 Å². The molecule has 15 heavy (non-hydrogen) atoms. The summed E-state index contributed by atoms with van der Waals surface area (Å²) in [5.74, 6) is -4.04. The van der Waals surface area contributed by atoms with E-state index >= 15 is 0 Å². The SMILES string of the molecule is COc1cc(F)c(C(=O)C(=O)O)cc1Cl. The first kappa shape index (κ1) is 11.5. The minimum Gasteiger partial charge on any atom is -0.495 e. The Morgan fingerprint density at radius 3 is 2.53 bits per heavy atom. The predicted molar refractivity (Wildman–Crippen MR) is 49.9 cm³/mol. The lowest BCUT2D eigenvalue weighted by Crippen LogP contribution is -2.14. The van der Waals surface area contributed by atoms with Gasteiger partial charge in [-0.2, -0.15) is 0 Å². The van der Waals surface area contributed by atoms with E-state index in [-0.39, 0.29) is 10.8 Å². The number of carboxylic acid groups (broad SMARTS) is 1. The third kappa shape index (κ3) is 2.24. The van der Waals surface area contributed by atoms with Crippen LogP contribution in [-0.4, -0.2) is 24.0 Å². The third-order valence-electron chi connectivity index (χ3n) is 1.68. The number of ether oxygens (including phenoxy) is 1.